The topological polar surface area (TPSA) is 12.0 Å². The van der Waals surface area contributed by atoms with E-state index in [2.05, 4.69) is 18.5 Å². The van der Waals surface area contributed by atoms with Gasteiger partial charge in [0.15, 0.2) is 0 Å². The predicted octanol–water partition coefficient (Wildman–Crippen LogP) is 2.13. The highest BCUT2D eigenvalue weighted by Gasteiger charge is 2.22. The largest absolute Gasteiger partial charge is 0.313 e. The van der Waals surface area contributed by atoms with Crippen LogP contribution in [0.3, 0.4) is 0 Å². The van der Waals surface area contributed by atoms with Gasteiger partial charge in [-0.25, -0.2) is 0 Å². The van der Waals surface area contributed by atoms with Crippen LogP contribution in [0.5, 0.6) is 0 Å². The zero-order valence-corrected chi connectivity index (χ0v) is 8.41. The Morgan fingerprint density at radius 3 is 2.73 bits per heavy atom. The molecule has 1 aliphatic carbocycles. The Hall–Kier alpha value is 0.310. The van der Waals surface area contributed by atoms with E-state index in [-0.39, 0.29) is 0 Å². The van der Waals surface area contributed by atoms with Crippen molar-refractivity contribution in [2.24, 2.45) is 5.92 Å². The van der Waals surface area contributed by atoms with E-state index in [0.717, 1.165) is 12.0 Å². The van der Waals surface area contributed by atoms with Crippen molar-refractivity contribution < 1.29 is 0 Å². The molecule has 0 heterocycles. The van der Waals surface area contributed by atoms with Crippen LogP contribution in [0, 0.1) is 5.92 Å². The van der Waals surface area contributed by atoms with Crippen molar-refractivity contribution in [3.8, 4) is 0 Å². The zero-order chi connectivity index (χ0) is 8.10. The lowest BCUT2D eigenvalue weighted by Gasteiger charge is -2.32. The van der Waals surface area contributed by atoms with Crippen molar-refractivity contribution >= 4 is 11.8 Å². The Bertz CT molecular complexity index is 102. The standard InChI is InChI=1S/C9H19NS/c1-8(9-4-3-5-9)10-6-7-11-2/h8-10H,3-7H2,1-2H3. The van der Waals surface area contributed by atoms with Crippen LogP contribution in [-0.4, -0.2) is 24.6 Å². The van der Waals surface area contributed by atoms with Gasteiger partial charge in [-0.1, -0.05) is 6.42 Å². The third-order valence-electron chi connectivity index (χ3n) is 2.63. The van der Waals surface area contributed by atoms with Gasteiger partial charge in [-0.05, 0) is 31.9 Å². The second-order valence-corrected chi connectivity index (χ2v) is 4.41. The number of rotatable bonds is 5. The lowest BCUT2D eigenvalue weighted by Crippen LogP contribution is -2.38. The molecule has 0 aliphatic heterocycles. The van der Waals surface area contributed by atoms with E-state index in [1.165, 1.54) is 31.6 Å². The van der Waals surface area contributed by atoms with Crippen LogP contribution in [0.1, 0.15) is 26.2 Å². The molecule has 1 atom stereocenters. The Morgan fingerprint density at radius 2 is 2.27 bits per heavy atom. The number of hydrogen-bond donors (Lipinski definition) is 1. The van der Waals surface area contributed by atoms with Crippen molar-refractivity contribution in [1.82, 2.24) is 5.32 Å². The highest BCUT2D eigenvalue weighted by molar-refractivity contribution is 7.98. The molecule has 1 fully saturated rings. The molecular weight excluding hydrogens is 154 g/mol. The minimum absolute atomic E-state index is 0.760. The molecule has 1 rings (SSSR count). The molecule has 1 unspecified atom stereocenters. The summed E-state index contributed by atoms with van der Waals surface area (Å²) in [5, 5.41) is 3.56. The van der Waals surface area contributed by atoms with Crippen molar-refractivity contribution in [3.05, 3.63) is 0 Å². The van der Waals surface area contributed by atoms with Gasteiger partial charge in [-0.3, -0.25) is 0 Å². The lowest BCUT2D eigenvalue weighted by atomic mass is 9.80. The number of thioether (sulfide) groups is 1. The van der Waals surface area contributed by atoms with Crippen LogP contribution >= 0.6 is 11.8 Å². The molecule has 1 nitrogen and oxygen atoms in total. The Labute approximate surface area is 74.3 Å². The summed E-state index contributed by atoms with van der Waals surface area (Å²) >= 11 is 1.92. The molecule has 1 N–H and O–H groups in total. The van der Waals surface area contributed by atoms with Crippen LogP contribution < -0.4 is 5.32 Å². The van der Waals surface area contributed by atoms with Gasteiger partial charge in [0.2, 0.25) is 0 Å². The highest BCUT2D eigenvalue weighted by Crippen LogP contribution is 2.29. The maximum absolute atomic E-state index is 3.56. The second kappa shape index (κ2) is 5.04. The van der Waals surface area contributed by atoms with Crippen molar-refractivity contribution in [1.29, 1.82) is 0 Å². The third-order valence-corrected chi connectivity index (χ3v) is 3.24. The van der Waals surface area contributed by atoms with Crippen molar-refractivity contribution in [2.75, 3.05) is 18.6 Å². The summed E-state index contributed by atoms with van der Waals surface area (Å²) in [6, 6.07) is 0.760. The van der Waals surface area contributed by atoms with Crippen LogP contribution in [0.2, 0.25) is 0 Å². The maximum atomic E-state index is 3.56. The van der Waals surface area contributed by atoms with Crippen molar-refractivity contribution in [2.45, 2.75) is 32.2 Å². The fraction of sp³-hybridized carbons (Fsp3) is 1.00. The van der Waals surface area contributed by atoms with Gasteiger partial charge in [0.05, 0.1) is 0 Å². The molecule has 1 saturated carbocycles. The summed E-state index contributed by atoms with van der Waals surface area (Å²) in [6.07, 6.45) is 6.52. The van der Waals surface area contributed by atoms with E-state index in [0.29, 0.717) is 0 Å². The van der Waals surface area contributed by atoms with Crippen LogP contribution in [-0.2, 0) is 0 Å². The van der Waals surface area contributed by atoms with Gasteiger partial charge in [0.25, 0.3) is 0 Å². The summed E-state index contributed by atoms with van der Waals surface area (Å²) in [5.41, 5.74) is 0. The zero-order valence-electron chi connectivity index (χ0n) is 7.60. The monoisotopic (exact) mass is 173 g/mol. The molecule has 66 valence electrons. The van der Waals surface area contributed by atoms with E-state index in [4.69, 9.17) is 0 Å². The first-order valence-corrected chi connectivity index (χ1v) is 5.96. The molecule has 1 aliphatic rings. The van der Waals surface area contributed by atoms with Gasteiger partial charge in [0.1, 0.15) is 0 Å². The molecule has 0 spiro atoms. The Morgan fingerprint density at radius 1 is 1.55 bits per heavy atom. The first kappa shape index (κ1) is 9.40. The molecule has 0 radical (unpaired) electrons. The SMILES string of the molecule is CSCCNC(C)C1CCC1. The molecule has 0 bridgehead atoms. The summed E-state index contributed by atoms with van der Waals surface area (Å²) in [5.74, 6) is 2.23. The minimum atomic E-state index is 0.760. The fourth-order valence-corrected chi connectivity index (χ4v) is 1.82. The minimum Gasteiger partial charge on any atom is -0.313 e. The lowest BCUT2D eigenvalue weighted by molar-refractivity contribution is 0.244. The maximum Gasteiger partial charge on any atom is 0.00673 e. The molecule has 2 heteroatoms. The number of hydrogen-bond acceptors (Lipinski definition) is 2. The Kier molecular flexibility index (Phi) is 4.31. The molecule has 0 aromatic carbocycles. The molecule has 0 saturated heterocycles. The van der Waals surface area contributed by atoms with Gasteiger partial charge in [-0.15, -0.1) is 0 Å². The van der Waals surface area contributed by atoms with E-state index in [1.54, 1.807) is 0 Å². The third kappa shape index (κ3) is 3.04. The fourth-order valence-electron chi connectivity index (χ4n) is 1.50. The van der Waals surface area contributed by atoms with Crippen LogP contribution in [0.4, 0.5) is 0 Å². The summed E-state index contributed by atoms with van der Waals surface area (Å²) in [6.45, 7) is 3.50. The van der Waals surface area contributed by atoms with Gasteiger partial charge >= 0.3 is 0 Å². The van der Waals surface area contributed by atoms with E-state index in [9.17, 15) is 0 Å². The van der Waals surface area contributed by atoms with Gasteiger partial charge in [0, 0.05) is 18.3 Å². The first-order chi connectivity index (χ1) is 5.34. The van der Waals surface area contributed by atoms with E-state index >= 15 is 0 Å². The first-order valence-electron chi connectivity index (χ1n) is 4.57. The van der Waals surface area contributed by atoms with Gasteiger partial charge in [-0.2, -0.15) is 11.8 Å². The van der Waals surface area contributed by atoms with E-state index in [1.807, 2.05) is 11.8 Å². The van der Waals surface area contributed by atoms with Gasteiger partial charge < -0.3 is 5.32 Å². The molecule has 11 heavy (non-hydrogen) atoms. The van der Waals surface area contributed by atoms with E-state index < -0.39 is 0 Å². The molecule has 0 aromatic rings. The summed E-state index contributed by atoms with van der Waals surface area (Å²) in [4.78, 5) is 0. The average Bonchev–Trinajstić information content (AvgIpc) is 1.84. The number of nitrogens with one attached hydrogen (secondary N) is 1. The molecule has 0 aromatic heterocycles. The summed E-state index contributed by atoms with van der Waals surface area (Å²) < 4.78 is 0. The summed E-state index contributed by atoms with van der Waals surface area (Å²) in [7, 11) is 0. The normalized spacial score (nSPS) is 21.3. The average molecular weight is 173 g/mol. The second-order valence-electron chi connectivity index (χ2n) is 3.43. The molecule has 0 amide bonds. The quantitative estimate of drug-likeness (QED) is 0.639. The highest BCUT2D eigenvalue weighted by atomic mass is 32.2. The van der Waals surface area contributed by atoms with Crippen LogP contribution in [0.25, 0.3) is 0 Å². The Balaban J connectivity index is 1.96. The predicted molar refractivity (Wildman–Crippen MR) is 53.2 cm³/mol. The molecular formula is C9H19NS. The van der Waals surface area contributed by atoms with Crippen LogP contribution in [0.15, 0.2) is 0 Å². The van der Waals surface area contributed by atoms with Crippen molar-refractivity contribution in [3.63, 3.8) is 0 Å². The smallest absolute Gasteiger partial charge is 0.00673 e.